The monoisotopic (exact) mass is 463 g/mol. The summed E-state index contributed by atoms with van der Waals surface area (Å²) in [7, 11) is 4.61. The molecule has 0 unspecified atom stereocenters. The van der Waals surface area contributed by atoms with Crippen LogP contribution in [-0.2, 0) is 9.59 Å². The van der Waals surface area contributed by atoms with Crippen LogP contribution in [0.4, 0.5) is 5.82 Å². The Morgan fingerprint density at radius 3 is 2.38 bits per heavy atom. The molecule has 2 aromatic rings. The largest absolute Gasteiger partial charge is 0.493 e. The lowest BCUT2D eigenvalue weighted by Gasteiger charge is -2.34. The Kier molecular flexibility index (Phi) is 6.58. The quantitative estimate of drug-likeness (QED) is 0.668. The lowest BCUT2D eigenvalue weighted by atomic mass is 9.75. The van der Waals surface area contributed by atoms with E-state index in [-0.39, 0.29) is 11.7 Å². The Bertz CT molecular complexity index is 1190. The fraction of sp³-hybridized carbons (Fsp3) is 0.346. The number of carbonyl (C=O) groups excluding carboxylic acids is 2. The number of dihydropyridines is 1. The predicted octanol–water partition coefficient (Wildman–Crippen LogP) is 4.02. The van der Waals surface area contributed by atoms with Crippen LogP contribution in [0.25, 0.3) is 0 Å². The number of pyridine rings is 1. The van der Waals surface area contributed by atoms with Gasteiger partial charge >= 0.3 is 0 Å². The zero-order valence-corrected chi connectivity index (χ0v) is 20.1. The van der Waals surface area contributed by atoms with Gasteiger partial charge in [0, 0.05) is 40.6 Å². The smallest absolute Gasteiger partial charge is 0.255 e. The number of nitrogens with zero attached hydrogens (tertiary/aromatic N) is 1. The minimum atomic E-state index is -0.595. The number of carbonyl (C=O) groups is 2. The molecule has 2 N–H and O–H groups in total. The fourth-order valence-corrected chi connectivity index (χ4v) is 4.68. The molecule has 1 aliphatic heterocycles. The predicted molar refractivity (Wildman–Crippen MR) is 128 cm³/mol. The van der Waals surface area contributed by atoms with Gasteiger partial charge in [-0.15, -0.1) is 0 Å². The Morgan fingerprint density at radius 1 is 1.06 bits per heavy atom. The number of rotatable bonds is 6. The minimum Gasteiger partial charge on any atom is -0.493 e. The molecule has 34 heavy (non-hydrogen) atoms. The highest BCUT2D eigenvalue weighted by atomic mass is 16.5. The number of allylic oxidation sites excluding steroid dienone is 3. The fourth-order valence-electron chi connectivity index (χ4n) is 4.68. The van der Waals surface area contributed by atoms with Crippen molar-refractivity contribution in [3.05, 3.63) is 64.1 Å². The van der Waals surface area contributed by atoms with Crippen LogP contribution in [0.3, 0.4) is 0 Å². The van der Waals surface area contributed by atoms with Gasteiger partial charge < -0.3 is 24.8 Å². The van der Waals surface area contributed by atoms with Gasteiger partial charge in [-0.2, -0.15) is 0 Å². The molecular weight excluding hydrogens is 434 g/mol. The van der Waals surface area contributed by atoms with Gasteiger partial charge in [-0.1, -0.05) is 6.07 Å². The Morgan fingerprint density at radius 2 is 1.76 bits per heavy atom. The Balaban J connectivity index is 1.87. The highest BCUT2D eigenvalue weighted by Gasteiger charge is 2.39. The summed E-state index contributed by atoms with van der Waals surface area (Å²) in [6.45, 7) is 3.71. The molecular formula is C26H29N3O5. The van der Waals surface area contributed by atoms with Crippen LogP contribution in [0.15, 0.2) is 52.9 Å². The zero-order chi connectivity index (χ0) is 24.4. The molecule has 0 saturated heterocycles. The topological polar surface area (TPSA) is 98.8 Å². The maximum Gasteiger partial charge on any atom is 0.255 e. The summed E-state index contributed by atoms with van der Waals surface area (Å²) >= 11 is 0. The van der Waals surface area contributed by atoms with Crippen LogP contribution in [0.1, 0.15) is 43.4 Å². The third kappa shape index (κ3) is 4.23. The van der Waals surface area contributed by atoms with Crippen molar-refractivity contribution in [3.8, 4) is 17.2 Å². The van der Waals surface area contributed by atoms with Crippen molar-refractivity contribution >= 4 is 17.5 Å². The van der Waals surface area contributed by atoms with E-state index in [9.17, 15) is 9.59 Å². The average Bonchev–Trinajstić information content (AvgIpc) is 2.82. The first-order valence-corrected chi connectivity index (χ1v) is 11.2. The van der Waals surface area contributed by atoms with Crippen molar-refractivity contribution in [1.82, 2.24) is 10.3 Å². The van der Waals surface area contributed by atoms with Crippen LogP contribution in [0.5, 0.6) is 17.2 Å². The molecule has 1 atom stereocenters. The summed E-state index contributed by atoms with van der Waals surface area (Å²) in [4.78, 5) is 31.2. The average molecular weight is 464 g/mol. The van der Waals surface area contributed by atoms with Gasteiger partial charge in [-0.25, -0.2) is 4.98 Å². The van der Waals surface area contributed by atoms with Crippen LogP contribution in [0, 0.1) is 6.92 Å². The summed E-state index contributed by atoms with van der Waals surface area (Å²) in [6.07, 6.45) is 1.96. The van der Waals surface area contributed by atoms with Gasteiger partial charge in [-0.3, -0.25) is 9.59 Å². The highest BCUT2D eigenvalue weighted by Crippen LogP contribution is 2.47. The summed E-state index contributed by atoms with van der Waals surface area (Å²) < 4.78 is 16.6. The normalized spacial score (nSPS) is 17.7. The van der Waals surface area contributed by atoms with Crippen LogP contribution in [0.2, 0.25) is 0 Å². The molecule has 0 radical (unpaired) electrons. The number of hydrogen-bond donors (Lipinski definition) is 2. The van der Waals surface area contributed by atoms with E-state index in [1.807, 2.05) is 26.0 Å². The first-order chi connectivity index (χ1) is 16.4. The van der Waals surface area contributed by atoms with Crippen molar-refractivity contribution in [2.45, 2.75) is 39.0 Å². The summed E-state index contributed by atoms with van der Waals surface area (Å²) in [5.41, 5.74) is 4.11. The van der Waals surface area contributed by atoms with Crippen molar-refractivity contribution in [2.75, 3.05) is 26.6 Å². The second-order valence-electron chi connectivity index (χ2n) is 8.34. The molecule has 1 aliphatic carbocycles. The lowest BCUT2D eigenvalue weighted by molar-refractivity contribution is -0.116. The Labute approximate surface area is 199 Å². The van der Waals surface area contributed by atoms with E-state index in [2.05, 4.69) is 15.6 Å². The maximum atomic E-state index is 13.6. The lowest BCUT2D eigenvalue weighted by Crippen LogP contribution is -2.35. The zero-order valence-electron chi connectivity index (χ0n) is 20.1. The van der Waals surface area contributed by atoms with Gasteiger partial charge in [0.1, 0.15) is 5.82 Å². The van der Waals surface area contributed by atoms with E-state index in [4.69, 9.17) is 14.2 Å². The highest BCUT2D eigenvalue weighted by molar-refractivity contribution is 6.09. The SMILES string of the molecule is COc1cc([C@H]2C(C(=O)Nc3cccc(C)n3)=C(C)NC3=C2C(=O)CCC3)cc(OC)c1OC. The van der Waals surface area contributed by atoms with Gasteiger partial charge in [-0.05, 0) is 56.5 Å². The molecule has 0 saturated carbocycles. The number of nitrogens with one attached hydrogen (secondary N) is 2. The maximum absolute atomic E-state index is 13.6. The van der Waals surface area contributed by atoms with Crippen LogP contribution < -0.4 is 24.8 Å². The Hall–Kier alpha value is -3.81. The first-order valence-electron chi connectivity index (χ1n) is 11.2. The number of ether oxygens (including phenoxy) is 3. The molecule has 1 aromatic carbocycles. The second-order valence-corrected chi connectivity index (χ2v) is 8.34. The summed E-state index contributed by atoms with van der Waals surface area (Å²) in [5.74, 6) is 0.914. The van der Waals surface area contributed by atoms with Gasteiger partial charge in [0.15, 0.2) is 17.3 Å². The number of hydrogen-bond acceptors (Lipinski definition) is 7. The van der Waals surface area contributed by atoms with Gasteiger partial charge in [0.25, 0.3) is 5.91 Å². The number of methoxy groups -OCH3 is 3. The molecule has 1 aromatic heterocycles. The van der Waals surface area contributed by atoms with E-state index in [0.717, 1.165) is 24.2 Å². The van der Waals surface area contributed by atoms with Crippen LogP contribution >= 0.6 is 0 Å². The van der Waals surface area contributed by atoms with Crippen molar-refractivity contribution in [3.63, 3.8) is 0 Å². The number of anilines is 1. The molecule has 4 rings (SSSR count). The second kappa shape index (κ2) is 9.59. The molecule has 1 amide bonds. The molecule has 2 aliphatic rings. The number of amides is 1. The van der Waals surface area contributed by atoms with E-state index >= 15 is 0 Å². The molecule has 2 heterocycles. The third-order valence-electron chi connectivity index (χ3n) is 6.17. The first kappa shape index (κ1) is 23.4. The standard InChI is InChI=1S/C26H29N3O5/c1-14-8-6-11-21(27-14)29-26(31)22-15(2)28-17-9-7-10-18(30)24(17)23(22)16-12-19(32-3)25(34-5)20(13-16)33-4/h6,8,11-13,23,28H,7,9-10H2,1-5H3,(H,27,29,31)/t23-/m0/s1. The summed E-state index contributed by atoms with van der Waals surface area (Å²) in [6, 6.07) is 9.03. The third-order valence-corrected chi connectivity index (χ3v) is 6.17. The molecule has 0 spiro atoms. The van der Waals surface area contributed by atoms with E-state index in [0.29, 0.717) is 51.9 Å². The van der Waals surface area contributed by atoms with Crippen molar-refractivity contribution in [2.24, 2.45) is 0 Å². The number of ketones is 1. The molecule has 178 valence electrons. The summed E-state index contributed by atoms with van der Waals surface area (Å²) in [5, 5.41) is 6.23. The molecule has 8 nitrogen and oxygen atoms in total. The van der Waals surface area contributed by atoms with Crippen molar-refractivity contribution in [1.29, 1.82) is 0 Å². The number of Topliss-reactive ketones (excluding diaryl/α,β-unsaturated/α-hetero) is 1. The van der Waals surface area contributed by atoms with Gasteiger partial charge in [0.05, 0.1) is 21.3 Å². The molecule has 8 heteroatoms. The number of benzene rings is 1. The van der Waals surface area contributed by atoms with E-state index < -0.39 is 5.92 Å². The van der Waals surface area contributed by atoms with E-state index in [1.54, 1.807) is 18.2 Å². The van der Waals surface area contributed by atoms with E-state index in [1.165, 1.54) is 21.3 Å². The molecule has 0 fully saturated rings. The van der Waals surface area contributed by atoms with Crippen molar-refractivity contribution < 1.29 is 23.8 Å². The van der Waals surface area contributed by atoms with Crippen LogP contribution in [-0.4, -0.2) is 38.0 Å². The number of aryl methyl sites for hydroxylation is 1. The van der Waals surface area contributed by atoms with Gasteiger partial charge in [0.2, 0.25) is 5.75 Å². The minimum absolute atomic E-state index is 0.0268. The number of aromatic nitrogens is 1. The molecule has 0 bridgehead atoms.